The van der Waals surface area contributed by atoms with Crippen LogP contribution in [0.15, 0.2) is 48.8 Å². The number of benzene rings is 1. The Morgan fingerprint density at radius 1 is 1.10 bits per heavy atom. The second-order valence-corrected chi connectivity index (χ2v) is 4.96. The number of carbonyl (C=O) groups excluding carboxylic acids is 1. The van der Waals surface area contributed by atoms with Crippen molar-refractivity contribution < 1.29 is 26.3 Å². The molecule has 1 aromatic carbocycles. The van der Waals surface area contributed by atoms with Crippen molar-refractivity contribution in [1.29, 1.82) is 0 Å². The van der Waals surface area contributed by atoms with Crippen molar-refractivity contribution in [3.05, 3.63) is 59.9 Å². The minimum atomic E-state index is 0. The van der Waals surface area contributed by atoms with Gasteiger partial charge in [-0.25, -0.2) is 4.57 Å². The number of aromatic nitrogens is 1. The number of hydrogen-bond acceptors (Lipinski definition) is 1. The summed E-state index contributed by atoms with van der Waals surface area (Å²) in [5, 5.41) is 2.92. The minimum Gasteiger partial charge on any atom is -1.00 e. The zero-order chi connectivity index (χ0) is 14.4. The van der Waals surface area contributed by atoms with Gasteiger partial charge in [-0.15, -0.1) is 0 Å². The summed E-state index contributed by atoms with van der Waals surface area (Å²) < 4.78 is 2.02. The van der Waals surface area contributed by atoms with E-state index in [4.69, 9.17) is 0 Å². The maximum atomic E-state index is 11.9. The highest BCUT2D eigenvalue weighted by Crippen LogP contribution is 2.10. The van der Waals surface area contributed by atoms with Gasteiger partial charge < -0.3 is 22.3 Å². The predicted molar refractivity (Wildman–Crippen MR) is 80.4 cm³/mol. The lowest BCUT2D eigenvalue weighted by atomic mass is 10.1. The van der Waals surface area contributed by atoms with E-state index >= 15 is 0 Å². The van der Waals surface area contributed by atoms with Crippen LogP contribution in [-0.2, 0) is 17.8 Å². The molecule has 1 N–H and O–H groups in total. The van der Waals surface area contributed by atoms with Crippen molar-refractivity contribution >= 4 is 11.6 Å². The molecular weight excluding hydrogens is 328 g/mol. The maximum absolute atomic E-state index is 11.9. The van der Waals surface area contributed by atoms with Crippen LogP contribution in [0.3, 0.4) is 0 Å². The van der Waals surface area contributed by atoms with Crippen LogP contribution in [0.1, 0.15) is 24.5 Å². The highest BCUT2D eigenvalue weighted by molar-refractivity contribution is 5.90. The maximum Gasteiger partial charge on any atom is 0.230 e. The number of pyridine rings is 1. The fraction of sp³-hybridized carbons (Fsp3) is 0.294. The first-order valence-corrected chi connectivity index (χ1v) is 7.02. The van der Waals surface area contributed by atoms with E-state index in [0.717, 1.165) is 12.1 Å². The summed E-state index contributed by atoms with van der Waals surface area (Å²) in [4.78, 5) is 11.9. The second-order valence-electron chi connectivity index (χ2n) is 4.96. The van der Waals surface area contributed by atoms with Gasteiger partial charge in [-0.2, -0.15) is 0 Å². The molecule has 0 aliphatic heterocycles. The van der Waals surface area contributed by atoms with Crippen molar-refractivity contribution in [2.75, 3.05) is 5.32 Å². The van der Waals surface area contributed by atoms with E-state index < -0.39 is 0 Å². The second kappa shape index (κ2) is 8.57. The van der Waals surface area contributed by atoms with Crippen LogP contribution < -0.4 is 26.9 Å². The van der Waals surface area contributed by atoms with Gasteiger partial charge in [0.05, 0.1) is 6.42 Å². The molecule has 3 nitrogen and oxygen atoms in total. The Morgan fingerprint density at radius 3 is 2.29 bits per heavy atom. The molecule has 0 bridgehead atoms. The van der Waals surface area contributed by atoms with E-state index in [9.17, 15) is 4.79 Å². The average molecular weight is 349 g/mol. The minimum absolute atomic E-state index is 0. The van der Waals surface area contributed by atoms with Crippen LogP contribution >= 0.6 is 0 Å². The van der Waals surface area contributed by atoms with Gasteiger partial charge in [-0.3, -0.25) is 4.79 Å². The fourth-order valence-corrected chi connectivity index (χ4v) is 1.96. The van der Waals surface area contributed by atoms with Gasteiger partial charge >= 0.3 is 0 Å². The Bertz CT molecular complexity index is 564. The molecule has 2 rings (SSSR count). The lowest BCUT2D eigenvalue weighted by molar-refractivity contribution is -0.695. The molecule has 0 spiro atoms. The Hall–Kier alpha value is -1.68. The number of nitrogens with one attached hydrogen (secondary N) is 1. The smallest absolute Gasteiger partial charge is 0.230 e. The number of aryl methyl sites for hydroxylation is 3. The van der Waals surface area contributed by atoms with Gasteiger partial charge in [0, 0.05) is 17.8 Å². The first kappa shape index (κ1) is 17.4. The van der Waals surface area contributed by atoms with E-state index in [-0.39, 0.29) is 22.9 Å². The molecule has 1 heterocycles. The van der Waals surface area contributed by atoms with Gasteiger partial charge in [-0.05, 0) is 36.6 Å². The highest BCUT2D eigenvalue weighted by Gasteiger charge is 2.06. The van der Waals surface area contributed by atoms with Gasteiger partial charge in [0.25, 0.3) is 0 Å². The molecule has 1 amide bonds. The Labute approximate surface area is 136 Å². The average Bonchev–Trinajstić information content (AvgIpc) is 2.47. The lowest BCUT2D eigenvalue weighted by Crippen LogP contribution is -3.00. The third kappa shape index (κ3) is 5.68. The summed E-state index contributed by atoms with van der Waals surface area (Å²) in [7, 11) is 0. The number of rotatable bonds is 5. The van der Waals surface area contributed by atoms with E-state index in [0.29, 0.717) is 13.0 Å². The standard InChI is InChI=1S/C17H20N2O.BrH/c1-3-15-4-6-16(7-5-15)18-17(20)10-13-19-11-8-14(2)9-12-19;/h4-9,11-12H,3,10,13H2,1-2H3;1H. The third-order valence-corrected chi connectivity index (χ3v) is 3.30. The summed E-state index contributed by atoms with van der Waals surface area (Å²) >= 11 is 0. The molecule has 0 saturated heterocycles. The van der Waals surface area contributed by atoms with E-state index in [1.807, 2.05) is 53.4 Å². The lowest BCUT2D eigenvalue weighted by Gasteiger charge is -2.05. The van der Waals surface area contributed by atoms with Crippen molar-refractivity contribution in [2.45, 2.75) is 33.2 Å². The summed E-state index contributed by atoms with van der Waals surface area (Å²) in [6, 6.07) is 12.1. The number of anilines is 1. The van der Waals surface area contributed by atoms with E-state index in [1.165, 1.54) is 11.1 Å². The van der Waals surface area contributed by atoms with Crippen LogP contribution in [0.2, 0.25) is 0 Å². The van der Waals surface area contributed by atoms with Crippen LogP contribution in [0, 0.1) is 6.92 Å². The zero-order valence-corrected chi connectivity index (χ0v) is 14.1. The summed E-state index contributed by atoms with van der Waals surface area (Å²) in [5.41, 5.74) is 3.36. The zero-order valence-electron chi connectivity index (χ0n) is 12.5. The molecule has 0 unspecified atom stereocenters. The van der Waals surface area contributed by atoms with Gasteiger partial charge in [0.2, 0.25) is 5.91 Å². The van der Waals surface area contributed by atoms with Crippen LogP contribution in [0.5, 0.6) is 0 Å². The Balaban J connectivity index is 0.00000220. The largest absolute Gasteiger partial charge is 1.00 e. The molecule has 0 saturated carbocycles. The molecular formula is C17H21BrN2O. The summed E-state index contributed by atoms with van der Waals surface area (Å²) in [6.45, 7) is 4.86. The van der Waals surface area contributed by atoms with Crippen molar-refractivity contribution in [3.8, 4) is 0 Å². The summed E-state index contributed by atoms with van der Waals surface area (Å²) in [6.07, 6.45) is 5.48. The Kier molecular flexibility index (Phi) is 7.09. The molecule has 0 aliphatic carbocycles. The first-order chi connectivity index (χ1) is 9.67. The molecule has 2 aromatic rings. The Morgan fingerprint density at radius 2 is 1.71 bits per heavy atom. The predicted octanol–water partition coefficient (Wildman–Crippen LogP) is -0.122. The molecule has 0 fully saturated rings. The number of amides is 1. The molecule has 0 aliphatic rings. The SMILES string of the molecule is CCc1ccc(NC(=O)CC[n+]2ccc(C)cc2)cc1.[Br-]. The van der Waals surface area contributed by atoms with Crippen LogP contribution in [0.4, 0.5) is 5.69 Å². The first-order valence-electron chi connectivity index (χ1n) is 7.02. The van der Waals surface area contributed by atoms with Crippen LogP contribution in [0.25, 0.3) is 0 Å². The monoisotopic (exact) mass is 348 g/mol. The highest BCUT2D eigenvalue weighted by atomic mass is 79.9. The fourth-order valence-electron chi connectivity index (χ4n) is 1.96. The van der Waals surface area contributed by atoms with Crippen LogP contribution in [-0.4, -0.2) is 5.91 Å². The molecule has 0 radical (unpaired) electrons. The van der Waals surface area contributed by atoms with Crippen molar-refractivity contribution in [3.63, 3.8) is 0 Å². The van der Waals surface area contributed by atoms with Gasteiger partial charge in [0.15, 0.2) is 18.9 Å². The van der Waals surface area contributed by atoms with E-state index in [2.05, 4.69) is 19.2 Å². The number of carbonyl (C=O) groups is 1. The molecule has 0 atom stereocenters. The van der Waals surface area contributed by atoms with Crippen molar-refractivity contribution in [2.24, 2.45) is 0 Å². The van der Waals surface area contributed by atoms with E-state index in [1.54, 1.807) is 0 Å². The molecule has 21 heavy (non-hydrogen) atoms. The number of nitrogens with zero attached hydrogens (tertiary/aromatic N) is 1. The number of hydrogen-bond donors (Lipinski definition) is 1. The third-order valence-electron chi connectivity index (χ3n) is 3.30. The van der Waals surface area contributed by atoms with Crippen molar-refractivity contribution in [1.82, 2.24) is 0 Å². The van der Waals surface area contributed by atoms with Gasteiger partial charge in [0.1, 0.15) is 0 Å². The number of halogens is 1. The molecule has 1 aromatic heterocycles. The van der Waals surface area contributed by atoms with Gasteiger partial charge in [-0.1, -0.05) is 19.1 Å². The summed E-state index contributed by atoms with van der Waals surface area (Å²) in [5.74, 6) is 0.0438. The molecule has 4 heteroatoms. The topological polar surface area (TPSA) is 33.0 Å². The quantitative estimate of drug-likeness (QED) is 0.750. The molecule has 112 valence electrons. The normalized spacial score (nSPS) is 9.81.